The molecule has 4 rings (SSSR count). The molecule has 5 heteroatoms. The van der Waals surface area contributed by atoms with E-state index in [1.807, 2.05) is 6.07 Å². The quantitative estimate of drug-likeness (QED) is 0.751. The summed E-state index contributed by atoms with van der Waals surface area (Å²) >= 11 is 0. The number of para-hydroxylation sites is 1. The van der Waals surface area contributed by atoms with E-state index in [9.17, 15) is 0 Å². The van der Waals surface area contributed by atoms with Crippen molar-refractivity contribution in [1.82, 2.24) is 20.2 Å². The topological polar surface area (TPSA) is 60.6 Å². The van der Waals surface area contributed by atoms with Crippen LogP contribution in [0, 0.1) is 0 Å². The fourth-order valence-corrected chi connectivity index (χ4v) is 2.48. The minimum absolute atomic E-state index is 0.783. The molecule has 2 aromatic heterocycles. The van der Waals surface area contributed by atoms with E-state index >= 15 is 0 Å². The smallest absolute Gasteiger partial charge is 0.244 e. The van der Waals surface area contributed by atoms with Crippen LogP contribution in [0.1, 0.15) is 17.8 Å². The van der Waals surface area contributed by atoms with E-state index in [1.54, 1.807) is 0 Å². The molecule has 19 heavy (non-hydrogen) atoms. The Hall–Kier alpha value is -2.30. The monoisotopic (exact) mass is 253 g/mol. The molecule has 0 unspecified atom stereocenters. The third-order valence-corrected chi connectivity index (χ3v) is 3.69. The van der Waals surface area contributed by atoms with Gasteiger partial charge >= 0.3 is 0 Å². The van der Waals surface area contributed by atoms with E-state index in [1.165, 1.54) is 22.9 Å². The highest BCUT2D eigenvalue weighted by atomic mass is 15.4. The number of benzene rings is 1. The Morgan fingerprint density at radius 2 is 2.11 bits per heavy atom. The maximum Gasteiger partial charge on any atom is 0.244 e. The van der Waals surface area contributed by atoms with Gasteiger partial charge in [0.1, 0.15) is 5.82 Å². The number of nitrogens with one attached hydrogen (secondary N) is 2. The zero-order chi connectivity index (χ0) is 12.7. The van der Waals surface area contributed by atoms with Crippen LogP contribution in [0.2, 0.25) is 0 Å². The van der Waals surface area contributed by atoms with Gasteiger partial charge < -0.3 is 9.88 Å². The standard InChI is InChI=1S/C14H15N5/c1-2-5-12-11(4-1)10(9-15-12)8-13-16-14(18-17-13)19-6-3-7-19/h1-2,4-5,9,15H,3,6-8H2,(H,16,17,18). The molecule has 0 spiro atoms. The highest BCUT2D eigenvalue weighted by Crippen LogP contribution is 2.21. The van der Waals surface area contributed by atoms with Gasteiger partial charge in [-0.05, 0) is 18.1 Å². The Morgan fingerprint density at radius 3 is 2.95 bits per heavy atom. The second kappa shape index (κ2) is 4.12. The first-order valence-corrected chi connectivity index (χ1v) is 6.61. The zero-order valence-electron chi connectivity index (χ0n) is 10.6. The summed E-state index contributed by atoms with van der Waals surface area (Å²) in [6.07, 6.45) is 4.08. The molecule has 0 amide bonds. The number of anilines is 1. The lowest BCUT2D eigenvalue weighted by molar-refractivity contribution is 0.601. The summed E-state index contributed by atoms with van der Waals surface area (Å²) in [6, 6.07) is 8.32. The van der Waals surface area contributed by atoms with Crippen LogP contribution in [0.5, 0.6) is 0 Å². The van der Waals surface area contributed by atoms with Crippen molar-refractivity contribution in [2.45, 2.75) is 12.8 Å². The largest absolute Gasteiger partial charge is 0.361 e. The van der Waals surface area contributed by atoms with E-state index in [0.29, 0.717) is 0 Å². The summed E-state index contributed by atoms with van der Waals surface area (Å²) in [5.74, 6) is 1.76. The maximum absolute atomic E-state index is 4.56. The Bertz CT molecular complexity index is 707. The molecule has 2 N–H and O–H groups in total. The number of aromatic nitrogens is 4. The van der Waals surface area contributed by atoms with E-state index in [2.05, 4.69) is 49.5 Å². The molecule has 1 aliphatic rings. The summed E-state index contributed by atoms with van der Waals surface area (Å²) in [7, 11) is 0. The molecule has 1 aromatic carbocycles. The van der Waals surface area contributed by atoms with Crippen LogP contribution in [0.15, 0.2) is 30.5 Å². The summed E-state index contributed by atoms with van der Waals surface area (Å²) in [4.78, 5) is 10.0. The van der Waals surface area contributed by atoms with Gasteiger partial charge in [0, 0.05) is 36.6 Å². The van der Waals surface area contributed by atoms with Crippen LogP contribution in [0.3, 0.4) is 0 Å². The first-order chi connectivity index (χ1) is 9.40. The number of rotatable bonds is 3. The molecule has 1 aliphatic heterocycles. The molecule has 0 bridgehead atoms. The molecular weight excluding hydrogens is 238 g/mol. The average Bonchev–Trinajstić information content (AvgIpc) is 2.96. The van der Waals surface area contributed by atoms with E-state index in [4.69, 9.17) is 0 Å². The van der Waals surface area contributed by atoms with Gasteiger partial charge in [-0.2, -0.15) is 4.98 Å². The molecule has 0 saturated carbocycles. The molecule has 0 atom stereocenters. The van der Waals surface area contributed by atoms with Crippen LogP contribution in [0.25, 0.3) is 10.9 Å². The van der Waals surface area contributed by atoms with Crippen molar-refractivity contribution in [3.63, 3.8) is 0 Å². The molecule has 96 valence electrons. The normalized spacial score (nSPS) is 14.8. The minimum atomic E-state index is 0.783. The Balaban J connectivity index is 1.61. The zero-order valence-corrected chi connectivity index (χ0v) is 10.6. The predicted octanol–water partition coefficient (Wildman–Crippen LogP) is 2.09. The summed E-state index contributed by atoms with van der Waals surface area (Å²) in [6.45, 7) is 2.15. The van der Waals surface area contributed by atoms with Crippen molar-refractivity contribution < 1.29 is 0 Å². The second-order valence-corrected chi connectivity index (χ2v) is 4.96. The Labute approximate surface area is 110 Å². The second-order valence-electron chi connectivity index (χ2n) is 4.96. The lowest BCUT2D eigenvalue weighted by atomic mass is 10.1. The molecule has 0 radical (unpaired) electrons. The lowest BCUT2D eigenvalue weighted by Gasteiger charge is -2.29. The van der Waals surface area contributed by atoms with Gasteiger partial charge in [0.25, 0.3) is 0 Å². The molecular formula is C14H15N5. The third-order valence-electron chi connectivity index (χ3n) is 3.69. The molecule has 1 saturated heterocycles. The van der Waals surface area contributed by atoms with Crippen LogP contribution in [0.4, 0.5) is 5.95 Å². The average molecular weight is 253 g/mol. The number of hydrogen-bond acceptors (Lipinski definition) is 3. The van der Waals surface area contributed by atoms with Crippen LogP contribution >= 0.6 is 0 Å². The molecule has 3 heterocycles. The fraction of sp³-hybridized carbons (Fsp3) is 0.286. The first kappa shape index (κ1) is 10.6. The minimum Gasteiger partial charge on any atom is -0.361 e. The molecule has 1 fully saturated rings. The number of nitrogens with zero attached hydrogens (tertiary/aromatic N) is 3. The van der Waals surface area contributed by atoms with Crippen molar-refractivity contribution in [3.05, 3.63) is 41.9 Å². The van der Waals surface area contributed by atoms with Gasteiger partial charge in [0.15, 0.2) is 0 Å². The van der Waals surface area contributed by atoms with Crippen molar-refractivity contribution in [3.8, 4) is 0 Å². The van der Waals surface area contributed by atoms with E-state index in [-0.39, 0.29) is 0 Å². The molecule has 3 aromatic rings. The third kappa shape index (κ3) is 1.78. The molecule has 0 aliphatic carbocycles. The maximum atomic E-state index is 4.56. The Morgan fingerprint density at radius 1 is 1.21 bits per heavy atom. The van der Waals surface area contributed by atoms with Gasteiger partial charge in [-0.15, -0.1) is 5.10 Å². The van der Waals surface area contributed by atoms with Crippen molar-refractivity contribution in [2.75, 3.05) is 18.0 Å². The van der Waals surface area contributed by atoms with Gasteiger partial charge in [-0.3, -0.25) is 5.10 Å². The first-order valence-electron chi connectivity index (χ1n) is 6.61. The predicted molar refractivity (Wildman–Crippen MR) is 74.3 cm³/mol. The van der Waals surface area contributed by atoms with Gasteiger partial charge in [-0.1, -0.05) is 18.2 Å². The van der Waals surface area contributed by atoms with Crippen LogP contribution < -0.4 is 4.90 Å². The number of hydrogen-bond donors (Lipinski definition) is 2. The SMILES string of the molecule is c1ccc2c(Cc3nc(N4CCC4)n[nH]3)c[nH]c2c1. The highest BCUT2D eigenvalue weighted by Gasteiger charge is 2.18. The van der Waals surface area contributed by atoms with Crippen molar-refractivity contribution in [2.24, 2.45) is 0 Å². The summed E-state index contributed by atoms with van der Waals surface area (Å²) < 4.78 is 0. The Kier molecular flexibility index (Phi) is 2.30. The molecule has 5 nitrogen and oxygen atoms in total. The van der Waals surface area contributed by atoms with Crippen LogP contribution in [-0.2, 0) is 6.42 Å². The number of fused-ring (bicyclic) bond motifs is 1. The lowest BCUT2D eigenvalue weighted by Crippen LogP contribution is -2.37. The van der Waals surface area contributed by atoms with Gasteiger partial charge in [0.05, 0.1) is 0 Å². The van der Waals surface area contributed by atoms with E-state index in [0.717, 1.165) is 31.3 Å². The number of H-pyrrole nitrogens is 2. The van der Waals surface area contributed by atoms with Crippen molar-refractivity contribution in [1.29, 1.82) is 0 Å². The van der Waals surface area contributed by atoms with Gasteiger partial charge in [0.2, 0.25) is 5.95 Å². The fourth-order valence-electron chi connectivity index (χ4n) is 2.48. The van der Waals surface area contributed by atoms with Crippen LogP contribution in [-0.4, -0.2) is 33.3 Å². The summed E-state index contributed by atoms with van der Waals surface area (Å²) in [5, 5.41) is 8.57. The van der Waals surface area contributed by atoms with Gasteiger partial charge in [-0.25, -0.2) is 0 Å². The summed E-state index contributed by atoms with van der Waals surface area (Å²) in [5.41, 5.74) is 2.42. The van der Waals surface area contributed by atoms with Crippen molar-refractivity contribution >= 4 is 16.9 Å². The number of aromatic amines is 2. The van der Waals surface area contributed by atoms with E-state index < -0.39 is 0 Å². The highest BCUT2D eigenvalue weighted by molar-refractivity contribution is 5.83.